The Morgan fingerprint density at radius 3 is 2.44 bits per heavy atom. The van der Waals surface area contributed by atoms with Crippen LogP contribution in [0.1, 0.15) is 28.8 Å². The highest BCUT2D eigenvalue weighted by Crippen LogP contribution is 2.32. The minimum Gasteiger partial charge on any atom is -0.493 e. The summed E-state index contributed by atoms with van der Waals surface area (Å²) in [5.41, 5.74) is 1.32. The first-order valence-electron chi connectivity index (χ1n) is 8.56. The molecule has 27 heavy (non-hydrogen) atoms. The van der Waals surface area contributed by atoms with Crippen molar-refractivity contribution in [2.75, 3.05) is 13.7 Å². The lowest BCUT2D eigenvalue weighted by molar-refractivity contribution is -0.137. The van der Waals surface area contributed by atoms with Crippen LogP contribution in [-0.4, -0.2) is 41.6 Å². The van der Waals surface area contributed by atoms with Crippen LogP contribution in [0.5, 0.6) is 11.5 Å². The molecule has 0 atom stereocenters. The van der Waals surface area contributed by atoms with Gasteiger partial charge in [-0.1, -0.05) is 23.7 Å². The van der Waals surface area contributed by atoms with E-state index in [0.717, 1.165) is 18.4 Å². The van der Waals surface area contributed by atoms with Crippen LogP contribution < -0.4 is 9.47 Å². The minimum absolute atomic E-state index is 0.000395. The maximum absolute atomic E-state index is 12.7. The Morgan fingerprint density at radius 1 is 1.15 bits per heavy atom. The van der Waals surface area contributed by atoms with Crippen LogP contribution in [0.4, 0.5) is 0 Å². The normalized spacial score (nSPS) is 13.1. The number of carbonyl (C=O) groups is 2. The number of carboxylic acid groups (broad SMARTS) is 1. The van der Waals surface area contributed by atoms with Gasteiger partial charge in [0.15, 0.2) is 11.5 Å². The first-order valence-corrected chi connectivity index (χ1v) is 8.94. The second-order valence-electron chi connectivity index (χ2n) is 6.34. The van der Waals surface area contributed by atoms with E-state index in [1.807, 2.05) is 12.1 Å². The van der Waals surface area contributed by atoms with Crippen molar-refractivity contribution in [3.05, 3.63) is 58.6 Å². The van der Waals surface area contributed by atoms with Crippen molar-refractivity contribution < 1.29 is 24.2 Å². The summed E-state index contributed by atoms with van der Waals surface area (Å²) in [6, 6.07) is 12.2. The summed E-state index contributed by atoms with van der Waals surface area (Å²) in [7, 11) is 1.49. The molecule has 0 bridgehead atoms. The van der Waals surface area contributed by atoms with Gasteiger partial charge in [0.2, 0.25) is 0 Å². The fourth-order valence-electron chi connectivity index (χ4n) is 2.73. The molecular formula is C20H20ClNO5. The van der Waals surface area contributed by atoms with Gasteiger partial charge in [0.25, 0.3) is 5.91 Å². The summed E-state index contributed by atoms with van der Waals surface area (Å²) in [4.78, 5) is 25.1. The van der Waals surface area contributed by atoms with Crippen LogP contribution >= 0.6 is 11.6 Å². The van der Waals surface area contributed by atoms with E-state index in [0.29, 0.717) is 28.7 Å². The zero-order valence-corrected chi connectivity index (χ0v) is 15.6. The van der Waals surface area contributed by atoms with Gasteiger partial charge in [0.1, 0.15) is 13.2 Å². The van der Waals surface area contributed by atoms with Gasteiger partial charge in [-0.25, -0.2) is 0 Å². The Kier molecular flexibility index (Phi) is 5.86. The molecule has 1 fully saturated rings. The smallest absolute Gasteiger partial charge is 0.323 e. The predicted octanol–water partition coefficient (Wildman–Crippen LogP) is 3.62. The number of halogens is 1. The minimum atomic E-state index is -1.02. The third-order valence-corrected chi connectivity index (χ3v) is 4.52. The number of methoxy groups -OCH3 is 1. The second kappa shape index (κ2) is 8.31. The molecule has 3 rings (SSSR count). The maximum Gasteiger partial charge on any atom is 0.323 e. The van der Waals surface area contributed by atoms with Crippen LogP contribution in [0.2, 0.25) is 5.02 Å². The van der Waals surface area contributed by atoms with Crippen molar-refractivity contribution >= 4 is 23.5 Å². The van der Waals surface area contributed by atoms with Gasteiger partial charge in [0, 0.05) is 16.6 Å². The maximum atomic E-state index is 12.7. The van der Waals surface area contributed by atoms with Gasteiger partial charge in [-0.3, -0.25) is 9.59 Å². The van der Waals surface area contributed by atoms with Crippen LogP contribution in [0.15, 0.2) is 42.5 Å². The summed E-state index contributed by atoms with van der Waals surface area (Å²) in [5.74, 6) is -0.423. The van der Waals surface area contributed by atoms with Gasteiger partial charge in [-0.2, -0.15) is 0 Å². The van der Waals surface area contributed by atoms with Crippen molar-refractivity contribution in [3.8, 4) is 11.5 Å². The molecule has 1 aliphatic rings. The van der Waals surface area contributed by atoms with Gasteiger partial charge in [-0.15, -0.1) is 0 Å². The molecule has 7 heteroatoms. The van der Waals surface area contributed by atoms with E-state index in [1.165, 1.54) is 12.0 Å². The summed E-state index contributed by atoms with van der Waals surface area (Å²) < 4.78 is 11.1. The first-order chi connectivity index (χ1) is 13.0. The standard InChI is InChI=1S/C20H20ClNO5/c1-26-18-10-14(20(25)22(11-19(23)24)16-7-8-16)4-9-17(18)27-12-13-2-5-15(21)6-3-13/h2-6,9-10,16H,7-8,11-12H2,1H3,(H,23,24). The van der Waals surface area contributed by atoms with Crippen molar-refractivity contribution in [2.24, 2.45) is 0 Å². The van der Waals surface area contributed by atoms with E-state index in [9.17, 15) is 9.59 Å². The van der Waals surface area contributed by atoms with Gasteiger partial charge >= 0.3 is 5.97 Å². The number of carboxylic acids is 1. The summed E-state index contributed by atoms with van der Waals surface area (Å²) in [6.45, 7) is 0.0225. The number of rotatable bonds is 8. The number of carbonyl (C=O) groups excluding carboxylic acids is 1. The molecule has 2 aromatic carbocycles. The zero-order valence-electron chi connectivity index (χ0n) is 14.9. The molecule has 0 spiro atoms. The topological polar surface area (TPSA) is 76.1 Å². The van der Waals surface area contributed by atoms with Crippen molar-refractivity contribution in [2.45, 2.75) is 25.5 Å². The van der Waals surface area contributed by atoms with E-state index < -0.39 is 5.97 Å². The van der Waals surface area contributed by atoms with E-state index in [4.69, 9.17) is 26.2 Å². The van der Waals surface area contributed by atoms with Crippen molar-refractivity contribution in [1.29, 1.82) is 0 Å². The number of ether oxygens (including phenoxy) is 2. The highest BCUT2D eigenvalue weighted by molar-refractivity contribution is 6.30. The molecule has 2 aromatic rings. The van der Waals surface area contributed by atoms with Gasteiger partial charge in [0.05, 0.1) is 7.11 Å². The monoisotopic (exact) mass is 389 g/mol. The molecule has 6 nitrogen and oxygen atoms in total. The predicted molar refractivity (Wildman–Crippen MR) is 100 cm³/mol. The Balaban J connectivity index is 1.73. The molecule has 0 aromatic heterocycles. The highest BCUT2D eigenvalue weighted by Gasteiger charge is 2.34. The lowest BCUT2D eigenvalue weighted by Gasteiger charge is -2.21. The van der Waals surface area contributed by atoms with Crippen molar-refractivity contribution in [3.63, 3.8) is 0 Å². The Bertz CT molecular complexity index is 833. The summed E-state index contributed by atoms with van der Waals surface area (Å²) >= 11 is 5.87. The van der Waals surface area contributed by atoms with E-state index in [2.05, 4.69) is 0 Å². The largest absolute Gasteiger partial charge is 0.493 e. The Hall–Kier alpha value is -2.73. The Morgan fingerprint density at radius 2 is 1.85 bits per heavy atom. The van der Waals surface area contributed by atoms with Crippen LogP contribution in [-0.2, 0) is 11.4 Å². The number of nitrogens with zero attached hydrogens (tertiary/aromatic N) is 1. The average molecular weight is 390 g/mol. The molecule has 1 N–H and O–H groups in total. The van der Waals surface area contributed by atoms with E-state index in [1.54, 1.807) is 30.3 Å². The highest BCUT2D eigenvalue weighted by atomic mass is 35.5. The lowest BCUT2D eigenvalue weighted by Crippen LogP contribution is -2.37. The van der Waals surface area contributed by atoms with Crippen LogP contribution in [0.3, 0.4) is 0 Å². The van der Waals surface area contributed by atoms with Crippen LogP contribution in [0, 0.1) is 0 Å². The number of benzene rings is 2. The quantitative estimate of drug-likeness (QED) is 0.746. The number of amides is 1. The first kappa shape index (κ1) is 19.0. The third kappa shape index (κ3) is 4.92. The van der Waals surface area contributed by atoms with E-state index >= 15 is 0 Å². The molecule has 0 aliphatic heterocycles. The summed E-state index contributed by atoms with van der Waals surface area (Å²) in [5, 5.41) is 9.70. The Labute approximate surface area is 162 Å². The number of hydrogen-bond donors (Lipinski definition) is 1. The molecule has 0 radical (unpaired) electrons. The lowest BCUT2D eigenvalue weighted by atomic mass is 10.1. The fourth-order valence-corrected chi connectivity index (χ4v) is 2.85. The summed E-state index contributed by atoms with van der Waals surface area (Å²) in [6.07, 6.45) is 1.66. The third-order valence-electron chi connectivity index (χ3n) is 4.27. The van der Waals surface area contributed by atoms with Gasteiger partial charge in [-0.05, 0) is 48.7 Å². The molecule has 1 saturated carbocycles. The molecule has 142 valence electrons. The van der Waals surface area contributed by atoms with Crippen LogP contribution in [0.25, 0.3) is 0 Å². The zero-order chi connectivity index (χ0) is 19.4. The molecule has 0 unspecified atom stereocenters. The van der Waals surface area contributed by atoms with Gasteiger partial charge < -0.3 is 19.5 Å². The molecule has 1 amide bonds. The molecule has 1 aliphatic carbocycles. The number of hydrogen-bond acceptors (Lipinski definition) is 4. The molecule has 0 heterocycles. The second-order valence-corrected chi connectivity index (χ2v) is 6.78. The van der Waals surface area contributed by atoms with E-state index in [-0.39, 0.29) is 18.5 Å². The SMILES string of the molecule is COc1cc(C(=O)N(CC(=O)O)C2CC2)ccc1OCc1ccc(Cl)cc1. The number of aliphatic carboxylic acids is 1. The van der Waals surface area contributed by atoms with Crippen molar-refractivity contribution in [1.82, 2.24) is 4.90 Å². The fraction of sp³-hybridized carbons (Fsp3) is 0.300. The molecule has 0 saturated heterocycles. The average Bonchev–Trinajstić information content (AvgIpc) is 3.50. The molecular weight excluding hydrogens is 370 g/mol.